The third kappa shape index (κ3) is 7.78. The van der Waals surface area contributed by atoms with Crippen LogP contribution in [0.2, 0.25) is 0 Å². The number of amides is 1. The van der Waals surface area contributed by atoms with E-state index in [2.05, 4.69) is 10.1 Å². The highest BCUT2D eigenvalue weighted by atomic mass is 16.5. The molecular formula is C17H26N2O3. The van der Waals surface area contributed by atoms with E-state index in [0.717, 1.165) is 37.8 Å². The molecule has 1 rings (SSSR count). The van der Waals surface area contributed by atoms with E-state index in [-0.39, 0.29) is 17.9 Å². The molecule has 1 amide bonds. The van der Waals surface area contributed by atoms with Gasteiger partial charge in [-0.05, 0) is 31.4 Å². The number of methoxy groups -OCH3 is 1. The highest BCUT2D eigenvalue weighted by Crippen LogP contribution is 2.05. The normalized spacial score (nSPS) is 11.9. The summed E-state index contributed by atoms with van der Waals surface area (Å²) in [4.78, 5) is 22.4. The lowest BCUT2D eigenvalue weighted by atomic mass is 10.1. The van der Waals surface area contributed by atoms with Crippen molar-refractivity contribution in [3.8, 4) is 0 Å². The lowest BCUT2D eigenvalue weighted by molar-refractivity contribution is -0.140. The number of rotatable bonds is 11. The first-order chi connectivity index (χ1) is 10.6. The Balaban J connectivity index is 2.17. The first-order valence-corrected chi connectivity index (χ1v) is 7.77. The number of primary amides is 1. The van der Waals surface area contributed by atoms with Crippen molar-refractivity contribution in [1.82, 2.24) is 5.32 Å². The molecule has 0 saturated heterocycles. The van der Waals surface area contributed by atoms with Crippen LogP contribution in [0.5, 0.6) is 0 Å². The van der Waals surface area contributed by atoms with Crippen molar-refractivity contribution in [2.45, 2.75) is 44.6 Å². The smallest absolute Gasteiger partial charge is 0.305 e. The summed E-state index contributed by atoms with van der Waals surface area (Å²) in [5.74, 6) is -0.482. The Hall–Kier alpha value is -1.88. The van der Waals surface area contributed by atoms with E-state index in [4.69, 9.17) is 5.73 Å². The monoisotopic (exact) mass is 306 g/mol. The fourth-order valence-electron chi connectivity index (χ4n) is 2.25. The Morgan fingerprint density at radius 3 is 2.45 bits per heavy atom. The average Bonchev–Trinajstić information content (AvgIpc) is 2.53. The van der Waals surface area contributed by atoms with Gasteiger partial charge in [0.25, 0.3) is 0 Å². The molecule has 0 aliphatic carbocycles. The highest BCUT2D eigenvalue weighted by Gasteiger charge is 2.14. The van der Waals surface area contributed by atoms with Crippen LogP contribution >= 0.6 is 0 Å². The second kappa shape index (κ2) is 10.8. The summed E-state index contributed by atoms with van der Waals surface area (Å²) in [6.45, 7) is 0.749. The van der Waals surface area contributed by atoms with E-state index >= 15 is 0 Å². The summed E-state index contributed by atoms with van der Waals surface area (Å²) >= 11 is 0. The van der Waals surface area contributed by atoms with Crippen LogP contribution in [-0.4, -0.2) is 31.6 Å². The van der Waals surface area contributed by atoms with Gasteiger partial charge in [-0.15, -0.1) is 0 Å². The Kier molecular flexibility index (Phi) is 8.91. The van der Waals surface area contributed by atoms with Gasteiger partial charge in [0.1, 0.15) is 0 Å². The number of unbranched alkanes of at least 4 members (excludes halogenated alkanes) is 3. The predicted molar refractivity (Wildman–Crippen MR) is 86.2 cm³/mol. The molecular weight excluding hydrogens is 280 g/mol. The standard InChI is InChI=1S/C17H26N2O3/c1-22-16(20)11-7-2-3-8-12-19-15(17(18)21)13-14-9-5-4-6-10-14/h4-6,9-10,15,19H,2-3,7-8,11-13H2,1H3,(H2,18,21)/t15-/m0/s1. The van der Waals surface area contributed by atoms with E-state index in [1.165, 1.54) is 7.11 Å². The van der Waals surface area contributed by atoms with Gasteiger partial charge in [0, 0.05) is 6.42 Å². The maximum absolute atomic E-state index is 11.5. The Morgan fingerprint density at radius 2 is 1.82 bits per heavy atom. The molecule has 0 saturated carbocycles. The molecule has 5 heteroatoms. The van der Waals surface area contributed by atoms with Crippen LogP contribution in [-0.2, 0) is 20.7 Å². The van der Waals surface area contributed by atoms with Gasteiger partial charge in [0.05, 0.1) is 13.2 Å². The maximum atomic E-state index is 11.5. The molecule has 0 unspecified atom stereocenters. The fourth-order valence-corrected chi connectivity index (χ4v) is 2.25. The molecule has 0 spiro atoms. The van der Waals surface area contributed by atoms with Gasteiger partial charge in [-0.25, -0.2) is 0 Å². The Labute approximate surface area is 132 Å². The van der Waals surface area contributed by atoms with E-state index in [0.29, 0.717) is 12.8 Å². The van der Waals surface area contributed by atoms with Crippen LogP contribution in [0.4, 0.5) is 0 Å². The first-order valence-electron chi connectivity index (χ1n) is 7.77. The van der Waals surface area contributed by atoms with Gasteiger partial charge < -0.3 is 15.8 Å². The highest BCUT2D eigenvalue weighted by molar-refractivity contribution is 5.80. The van der Waals surface area contributed by atoms with Gasteiger partial charge in [0.15, 0.2) is 0 Å². The van der Waals surface area contributed by atoms with E-state index in [1.54, 1.807) is 0 Å². The molecule has 22 heavy (non-hydrogen) atoms. The van der Waals surface area contributed by atoms with Gasteiger partial charge in [-0.2, -0.15) is 0 Å². The second-order valence-electron chi connectivity index (χ2n) is 5.34. The second-order valence-corrected chi connectivity index (χ2v) is 5.34. The maximum Gasteiger partial charge on any atom is 0.305 e. The first kappa shape index (κ1) is 18.2. The molecule has 0 aliphatic rings. The zero-order valence-corrected chi connectivity index (χ0v) is 13.2. The third-order valence-corrected chi connectivity index (χ3v) is 3.55. The number of nitrogens with one attached hydrogen (secondary N) is 1. The van der Waals surface area contributed by atoms with E-state index in [1.807, 2.05) is 30.3 Å². The number of carbonyl (C=O) groups excluding carboxylic acids is 2. The molecule has 0 aliphatic heterocycles. The van der Waals surface area contributed by atoms with Gasteiger partial charge >= 0.3 is 5.97 Å². The van der Waals surface area contributed by atoms with Crippen molar-refractivity contribution in [2.24, 2.45) is 5.73 Å². The summed E-state index contributed by atoms with van der Waals surface area (Å²) < 4.78 is 4.59. The molecule has 1 aromatic rings. The van der Waals surface area contributed by atoms with Crippen molar-refractivity contribution >= 4 is 11.9 Å². The van der Waals surface area contributed by atoms with Crippen molar-refractivity contribution in [1.29, 1.82) is 0 Å². The van der Waals surface area contributed by atoms with Crippen LogP contribution in [0.15, 0.2) is 30.3 Å². The fraction of sp³-hybridized carbons (Fsp3) is 0.529. The van der Waals surface area contributed by atoms with Gasteiger partial charge in [0.2, 0.25) is 5.91 Å². The Morgan fingerprint density at radius 1 is 1.14 bits per heavy atom. The number of benzene rings is 1. The van der Waals surface area contributed by atoms with Crippen molar-refractivity contribution in [3.63, 3.8) is 0 Å². The zero-order chi connectivity index (χ0) is 16.2. The molecule has 0 bridgehead atoms. The van der Waals surface area contributed by atoms with E-state index in [9.17, 15) is 9.59 Å². The quantitative estimate of drug-likeness (QED) is 0.482. The Bertz CT molecular complexity index is 448. The van der Waals surface area contributed by atoms with Crippen LogP contribution in [0.25, 0.3) is 0 Å². The number of hydrogen-bond acceptors (Lipinski definition) is 4. The van der Waals surface area contributed by atoms with Crippen molar-refractivity contribution in [2.75, 3.05) is 13.7 Å². The third-order valence-electron chi connectivity index (χ3n) is 3.55. The van der Waals surface area contributed by atoms with E-state index < -0.39 is 0 Å². The summed E-state index contributed by atoms with van der Waals surface area (Å²) in [7, 11) is 1.41. The minimum Gasteiger partial charge on any atom is -0.469 e. The van der Waals surface area contributed by atoms with Crippen LogP contribution in [0.1, 0.15) is 37.7 Å². The number of hydrogen-bond donors (Lipinski definition) is 2. The summed E-state index contributed by atoms with van der Waals surface area (Å²) in [6, 6.07) is 9.50. The summed E-state index contributed by atoms with van der Waals surface area (Å²) in [5.41, 5.74) is 6.54. The molecule has 0 fully saturated rings. The SMILES string of the molecule is COC(=O)CCCCCCN[C@@H](Cc1ccccc1)C(N)=O. The topological polar surface area (TPSA) is 81.4 Å². The zero-order valence-electron chi connectivity index (χ0n) is 13.2. The number of ether oxygens (including phenoxy) is 1. The molecule has 0 radical (unpaired) electrons. The molecule has 122 valence electrons. The molecule has 0 heterocycles. The van der Waals surface area contributed by atoms with Crippen LogP contribution in [0.3, 0.4) is 0 Å². The minimum atomic E-state index is -0.336. The van der Waals surface area contributed by atoms with Gasteiger partial charge in [-0.1, -0.05) is 43.2 Å². The van der Waals surface area contributed by atoms with Crippen LogP contribution < -0.4 is 11.1 Å². The molecule has 1 atom stereocenters. The van der Waals surface area contributed by atoms with Crippen molar-refractivity contribution < 1.29 is 14.3 Å². The largest absolute Gasteiger partial charge is 0.469 e. The van der Waals surface area contributed by atoms with Crippen LogP contribution in [0, 0.1) is 0 Å². The summed E-state index contributed by atoms with van der Waals surface area (Å²) in [6.07, 6.45) is 4.88. The lowest BCUT2D eigenvalue weighted by Gasteiger charge is -2.15. The lowest BCUT2D eigenvalue weighted by Crippen LogP contribution is -2.43. The number of carbonyl (C=O) groups is 2. The predicted octanol–water partition coefficient (Wildman–Crippen LogP) is 1.80. The minimum absolute atomic E-state index is 0.158. The molecule has 0 aromatic heterocycles. The average molecular weight is 306 g/mol. The van der Waals surface area contributed by atoms with Crippen molar-refractivity contribution in [3.05, 3.63) is 35.9 Å². The molecule has 1 aromatic carbocycles. The summed E-state index contributed by atoms with van der Waals surface area (Å²) in [5, 5.41) is 3.21. The molecule has 5 nitrogen and oxygen atoms in total. The number of esters is 1. The van der Waals surface area contributed by atoms with Gasteiger partial charge in [-0.3, -0.25) is 9.59 Å². The molecule has 3 N–H and O–H groups in total. The number of nitrogens with two attached hydrogens (primary N) is 1.